The summed E-state index contributed by atoms with van der Waals surface area (Å²) < 4.78 is 68.7. The van der Waals surface area contributed by atoms with E-state index >= 15 is 0 Å². The molecule has 21 heavy (non-hydrogen) atoms. The molecule has 4 nitrogen and oxygen atoms in total. The lowest BCUT2D eigenvalue weighted by atomic mass is 10.3. The van der Waals surface area contributed by atoms with E-state index in [9.17, 15) is 21.6 Å². The topological polar surface area (TPSA) is 46.6 Å². The van der Waals surface area contributed by atoms with Crippen LogP contribution in [-0.2, 0) is 10.0 Å². The lowest BCUT2D eigenvalue weighted by Gasteiger charge is -2.27. The quantitative estimate of drug-likeness (QED) is 0.774. The van der Waals surface area contributed by atoms with Crippen molar-refractivity contribution in [2.75, 3.05) is 13.7 Å². The predicted molar refractivity (Wildman–Crippen MR) is 75.8 cm³/mol. The van der Waals surface area contributed by atoms with Gasteiger partial charge in [-0.3, -0.25) is 0 Å². The Morgan fingerprint density at radius 3 is 2.33 bits per heavy atom. The summed E-state index contributed by atoms with van der Waals surface area (Å²) in [6.45, 7) is 1.21. The van der Waals surface area contributed by atoms with E-state index in [1.807, 2.05) is 0 Å². The number of methoxy groups -OCH3 is 1. The van der Waals surface area contributed by atoms with Crippen molar-refractivity contribution in [1.82, 2.24) is 4.31 Å². The molecule has 120 valence electrons. The first-order valence-electron chi connectivity index (χ1n) is 5.91. The Kier molecular flexibility index (Phi) is 5.68. The van der Waals surface area contributed by atoms with Crippen LogP contribution in [0.4, 0.5) is 13.2 Å². The minimum Gasteiger partial charge on any atom is -0.495 e. The van der Waals surface area contributed by atoms with Gasteiger partial charge in [0, 0.05) is 10.5 Å². The van der Waals surface area contributed by atoms with E-state index in [-0.39, 0.29) is 10.6 Å². The van der Waals surface area contributed by atoms with Crippen molar-refractivity contribution in [2.45, 2.75) is 31.0 Å². The monoisotopic (exact) mass is 389 g/mol. The molecule has 1 aromatic carbocycles. The van der Waals surface area contributed by atoms with Gasteiger partial charge in [-0.1, -0.05) is 15.9 Å². The van der Waals surface area contributed by atoms with Crippen LogP contribution in [0.2, 0.25) is 0 Å². The van der Waals surface area contributed by atoms with Gasteiger partial charge in [-0.15, -0.1) is 0 Å². The summed E-state index contributed by atoms with van der Waals surface area (Å²) in [6, 6.07) is 3.30. The molecule has 9 heteroatoms. The molecule has 0 heterocycles. The minimum atomic E-state index is -4.63. The van der Waals surface area contributed by atoms with Crippen molar-refractivity contribution in [3.8, 4) is 5.75 Å². The molecule has 0 aliphatic rings. The van der Waals surface area contributed by atoms with Crippen molar-refractivity contribution in [3.63, 3.8) is 0 Å². The van der Waals surface area contributed by atoms with E-state index in [1.54, 1.807) is 6.07 Å². The van der Waals surface area contributed by atoms with Crippen molar-refractivity contribution < 1.29 is 26.3 Å². The second kappa shape index (κ2) is 6.53. The SMILES string of the molecule is COc1ccc(Br)cc1S(=O)(=O)N(CC(F)(F)F)C(C)C. The molecule has 0 saturated heterocycles. The van der Waals surface area contributed by atoms with Crippen LogP contribution in [0, 0.1) is 0 Å². The number of halogens is 4. The molecule has 0 spiro atoms. The zero-order valence-corrected chi connectivity index (χ0v) is 14.0. The van der Waals surface area contributed by atoms with Gasteiger partial charge in [0.05, 0.1) is 7.11 Å². The molecule has 0 aliphatic carbocycles. The highest BCUT2D eigenvalue weighted by Gasteiger charge is 2.39. The van der Waals surface area contributed by atoms with Gasteiger partial charge >= 0.3 is 6.18 Å². The van der Waals surface area contributed by atoms with E-state index in [4.69, 9.17) is 4.74 Å². The zero-order chi connectivity index (χ0) is 16.4. The third-order valence-corrected chi connectivity index (χ3v) is 5.16. The Labute approximate surface area is 130 Å². The highest BCUT2D eigenvalue weighted by atomic mass is 79.9. The van der Waals surface area contributed by atoms with E-state index in [2.05, 4.69) is 15.9 Å². The molecule has 0 aliphatic heterocycles. The highest BCUT2D eigenvalue weighted by molar-refractivity contribution is 9.10. The number of sulfonamides is 1. The molecule has 1 aromatic rings. The van der Waals surface area contributed by atoms with Crippen LogP contribution in [0.1, 0.15) is 13.8 Å². The maximum atomic E-state index is 12.6. The Morgan fingerprint density at radius 1 is 1.33 bits per heavy atom. The van der Waals surface area contributed by atoms with Gasteiger partial charge in [0.1, 0.15) is 17.2 Å². The van der Waals surface area contributed by atoms with Crippen LogP contribution in [-0.4, -0.2) is 38.6 Å². The molecule has 0 aromatic heterocycles. The fourth-order valence-corrected chi connectivity index (χ4v) is 4.02. The smallest absolute Gasteiger partial charge is 0.402 e. The summed E-state index contributed by atoms with van der Waals surface area (Å²) in [5.74, 6) is -0.00831. The maximum absolute atomic E-state index is 12.6. The Hall–Kier alpha value is -0.800. The van der Waals surface area contributed by atoms with Gasteiger partial charge in [0.15, 0.2) is 0 Å². The van der Waals surface area contributed by atoms with E-state index in [1.165, 1.54) is 33.1 Å². The largest absolute Gasteiger partial charge is 0.495 e. The summed E-state index contributed by atoms with van der Waals surface area (Å²) in [5, 5.41) is 0. The Morgan fingerprint density at radius 2 is 1.90 bits per heavy atom. The van der Waals surface area contributed by atoms with E-state index in [0.29, 0.717) is 8.78 Å². The predicted octanol–water partition coefficient (Wildman–Crippen LogP) is 3.42. The molecule has 0 radical (unpaired) electrons. The number of nitrogens with zero attached hydrogens (tertiary/aromatic N) is 1. The fourth-order valence-electron chi connectivity index (χ4n) is 1.70. The number of rotatable bonds is 5. The fraction of sp³-hybridized carbons (Fsp3) is 0.500. The number of hydrogen-bond acceptors (Lipinski definition) is 3. The number of alkyl halides is 3. The van der Waals surface area contributed by atoms with Gasteiger partial charge in [-0.25, -0.2) is 8.42 Å². The van der Waals surface area contributed by atoms with E-state index < -0.39 is 28.8 Å². The molecule has 0 atom stereocenters. The Balaban J connectivity index is 3.39. The molecular weight excluding hydrogens is 375 g/mol. The second-order valence-corrected chi connectivity index (χ2v) is 7.33. The summed E-state index contributed by atoms with van der Waals surface area (Å²) in [7, 11) is -3.08. The average Bonchev–Trinajstić information content (AvgIpc) is 2.34. The molecule has 0 unspecified atom stereocenters. The molecule has 0 fully saturated rings. The standard InChI is InChI=1S/C12H15BrF3NO3S/c1-8(2)17(7-12(14,15)16)21(18,19)11-6-9(13)4-5-10(11)20-3/h4-6,8H,7H2,1-3H3. The number of benzene rings is 1. The van der Waals surface area contributed by atoms with Gasteiger partial charge < -0.3 is 4.74 Å². The van der Waals surface area contributed by atoms with Crippen LogP contribution >= 0.6 is 15.9 Å². The third-order valence-electron chi connectivity index (χ3n) is 2.62. The lowest BCUT2D eigenvalue weighted by Crippen LogP contribution is -2.43. The molecular formula is C12H15BrF3NO3S. The first kappa shape index (κ1) is 18.2. The summed E-state index contributed by atoms with van der Waals surface area (Å²) in [6.07, 6.45) is -4.63. The van der Waals surface area contributed by atoms with Crippen LogP contribution < -0.4 is 4.74 Å². The molecule has 0 amide bonds. The highest BCUT2D eigenvalue weighted by Crippen LogP contribution is 2.32. The second-order valence-electron chi connectivity index (χ2n) is 4.55. The summed E-state index contributed by atoms with van der Waals surface area (Å²) >= 11 is 3.10. The van der Waals surface area contributed by atoms with Crippen molar-refractivity contribution in [1.29, 1.82) is 0 Å². The maximum Gasteiger partial charge on any atom is 0.402 e. The van der Waals surface area contributed by atoms with Crippen molar-refractivity contribution in [2.24, 2.45) is 0 Å². The van der Waals surface area contributed by atoms with Crippen molar-refractivity contribution in [3.05, 3.63) is 22.7 Å². The van der Waals surface area contributed by atoms with Crippen LogP contribution in [0.25, 0.3) is 0 Å². The van der Waals surface area contributed by atoms with E-state index in [0.717, 1.165) is 0 Å². The lowest BCUT2D eigenvalue weighted by molar-refractivity contribution is -0.138. The van der Waals surface area contributed by atoms with Gasteiger partial charge in [-0.05, 0) is 32.0 Å². The van der Waals surface area contributed by atoms with Crippen LogP contribution in [0.15, 0.2) is 27.6 Å². The molecule has 0 saturated carbocycles. The van der Waals surface area contributed by atoms with Gasteiger partial charge in [-0.2, -0.15) is 17.5 Å². The number of hydrogen-bond donors (Lipinski definition) is 0. The van der Waals surface area contributed by atoms with Crippen LogP contribution in [0.3, 0.4) is 0 Å². The van der Waals surface area contributed by atoms with Crippen LogP contribution in [0.5, 0.6) is 5.75 Å². The first-order chi connectivity index (χ1) is 9.49. The molecule has 0 N–H and O–H groups in total. The first-order valence-corrected chi connectivity index (χ1v) is 8.14. The van der Waals surface area contributed by atoms with Gasteiger partial charge in [0.2, 0.25) is 10.0 Å². The van der Waals surface area contributed by atoms with Crippen molar-refractivity contribution >= 4 is 26.0 Å². The summed E-state index contributed by atoms with van der Waals surface area (Å²) in [5.41, 5.74) is 0. The minimum absolute atomic E-state index is 0.00831. The molecule has 1 rings (SSSR count). The number of ether oxygens (including phenoxy) is 1. The normalized spacial score (nSPS) is 13.0. The molecule has 0 bridgehead atoms. The average molecular weight is 390 g/mol. The third kappa shape index (κ3) is 4.58. The Bertz CT molecular complexity index is 602. The van der Waals surface area contributed by atoms with Gasteiger partial charge in [0.25, 0.3) is 0 Å². The zero-order valence-electron chi connectivity index (χ0n) is 11.6. The summed E-state index contributed by atoms with van der Waals surface area (Å²) in [4.78, 5) is -0.308.